The number of aromatic nitrogens is 2. The zero-order valence-corrected chi connectivity index (χ0v) is 24.7. The maximum Gasteiger partial charge on any atom is 0.0734 e. The Morgan fingerprint density at radius 1 is 0.762 bits per heavy atom. The lowest BCUT2D eigenvalue weighted by atomic mass is 9.64. The summed E-state index contributed by atoms with van der Waals surface area (Å²) < 4.78 is 0. The molecule has 2 aliphatic carbocycles. The molecule has 5 atom stereocenters. The van der Waals surface area contributed by atoms with Crippen molar-refractivity contribution in [3.8, 4) is 22.5 Å². The zero-order chi connectivity index (χ0) is 28.0. The first-order valence-electron chi connectivity index (χ1n) is 16.2. The molecule has 6 aliphatic rings. The minimum Gasteiger partial charge on any atom is -0.307 e. The number of hydrogen-bond acceptors (Lipinski definition) is 4. The van der Waals surface area contributed by atoms with E-state index in [0.717, 1.165) is 18.0 Å². The van der Waals surface area contributed by atoms with Crippen molar-refractivity contribution in [1.29, 1.82) is 0 Å². The lowest BCUT2D eigenvalue weighted by Gasteiger charge is -2.54. The molecule has 5 unspecified atom stereocenters. The van der Waals surface area contributed by atoms with Crippen LogP contribution in [0.5, 0.6) is 0 Å². The van der Waals surface area contributed by atoms with E-state index < -0.39 is 0 Å². The summed E-state index contributed by atoms with van der Waals surface area (Å²) in [6.07, 6.45) is 14.7. The fourth-order valence-electron chi connectivity index (χ4n) is 9.02. The van der Waals surface area contributed by atoms with E-state index in [1.807, 2.05) is 0 Å². The Balaban J connectivity index is 1.11. The van der Waals surface area contributed by atoms with Gasteiger partial charge in [-0.05, 0) is 98.9 Å². The molecule has 2 saturated carbocycles. The molecule has 4 nitrogen and oxygen atoms in total. The van der Waals surface area contributed by atoms with Crippen LogP contribution in [0.3, 0.4) is 0 Å². The molecule has 4 heteroatoms. The summed E-state index contributed by atoms with van der Waals surface area (Å²) in [5.74, 6) is 2.02. The summed E-state index contributed by atoms with van der Waals surface area (Å²) in [5, 5.41) is 3.98. The molecule has 10 rings (SSSR count). The highest BCUT2D eigenvalue weighted by Crippen LogP contribution is 2.51. The van der Waals surface area contributed by atoms with Crippen molar-refractivity contribution >= 4 is 0 Å². The normalized spacial score (nSPS) is 30.5. The van der Waals surface area contributed by atoms with Crippen molar-refractivity contribution in [2.75, 3.05) is 7.05 Å². The minimum absolute atomic E-state index is 0.423. The molecule has 4 saturated heterocycles. The molecule has 1 N–H and O–H groups in total. The first-order valence-corrected chi connectivity index (χ1v) is 16.2. The van der Waals surface area contributed by atoms with Gasteiger partial charge in [0, 0.05) is 47.7 Å². The van der Waals surface area contributed by atoms with E-state index in [2.05, 4.69) is 109 Å². The summed E-state index contributed by atoms with van der Waals surface area (Å²) in [6, 6.07) is 30.7. The van der Waals surface area contributed by atoms with Crippen molar-refractivity contribution in [3.63, 3.8) is 0 Å². The average Bonchev–Trinajstić information content (AvgIpc) is 3.07. The number of benzene rings is 2. The highest BCUT2D eigenvalue weighted by atomic mass is 15.2. The van der Waals surface area contributed by atoms with Crippen molar-refractivity contribution in [3.05, 3.63) is 108 Å². The molecule has 42 heavy (non-hydrogen) atoms. The van der Waals surface area contributed by atoms with Gasteiger partial charge < -0.3 is 5.32 Å². The molecule has 4 bridgehead atoms. The molecule has 2 aromatic heterocycles. The molecule has 6 fully saturated rings. The third-order valence-electron chi connectivity index (χ3n) is 11.2. The number of hydrogen-bond donors (Lipinski definition) is 1. The topological polar surface area (TPSA) is 41.0 Å². The fourth-order valence-corrected chi connectivity index (χ4v) is 9.02. The predicted octanol–water partition coefficient (Wildman–Crippen LogP) is 8.03. The van der Waals surface area contributed by atoms with Gasteiger partial charge >= 0.3 is 0 Å². The molecular formula is C38H42N4. The number of nitrogens with zero attached hydrogens (tertiary/aromatic N) is 3. The summed E-state index contributed by atoms with van der Waals surface area (Å²) >= 11 is 0. The highest BCUT2D eigenvalue weighted by molar-refractivity contribution is 5.63. The van der Waals surface area contributed by atoms with Crippen LogP contribution >= 0.6 is 0 Å². The van der Waals surface area contributed by atoms with E-state index in [0.29, 0.717) is 36.0 Å². The van der Waals surface area contributed by atoms with E-state index in [-0.39, 0.29) is 0 Å². The number of pyridine rings is 2. The smallest absolute Gasteiger partial charge is 0.0734 e. The monoisotopic (exact) mass is 554 g/mol. The van der Waals surface area contributed by atoms with Gasteiger partial charge in [-0.15, -0.1) is 0 Å². The van der Waals surface area contributed by atoms with Gasteiger partial charge in [-0.2, -0.15) is 0 Å². The van der Waals surface area contributed by atoms with Crippen LogP contribution in [0.15, 0.2) is 91.3 Å². The standard InChI is InChI=1S/C38H42N4/c1-42-33-17-18-34(38(42)28-14-19-35(39-23-28)25-8-4-2-5-9-25)29(22-33)20-30-21-31(37-27-12-15-32(41-37)16-13-27)24-40-36(30)26-10-6-3-7-11-26/h2-11,14,19,21,23-24,27,29,32-34,37-38,41H,12-13,15-18,20,22H2,1H3. The van der Waals surface area contributed by atoms with Crippen molar-refractivity contribution in [2.45, 2.75) is 75.5 Å². The largest absolute Gasteiger partial charge is 0.307 e. The Labute approximate surface area is 250 Å². The van der Waals surface area contributed by atoms with Crippen LogP contribution in [0.4, 0.5) is 0 Å². The van der Waals surface area contributed by atoms with Crippen LogP contribution < -0.4 is 5.32 Å². The number of fused-ring (bicyclic) bond motifs is 6. The summed E-state index contributed by atoms with van der Waals surface area (Å²) in [6.45, 7) is 0. The van der Waals surface area contributed by atoms with E-state index in [9.17, 15) is 0 Å². The van der Waals surface area contributed by atoms with Crippen molar-refractivity contribution < 1.29 is 0 Å². The third kappa shape index (κ3) is 4.79. The number of piperidine rings is 4. The molecule has 0 spiro atoms. The van der Waals surface area contributed by atoms with Gasteiger partial charge in [0.05, 0.1) is 11.4 Å². The van der Waals surface area contributed by atoms with Gasteiger partial charge in [-0.1, -0.05) is 72.8 Å². The van der Waals surface area contributed by atoms with Crippen LogP contribution in [0.25, 0.3) is 22.5 Å². The Kier molecular flexibility index (Phi) is 6.92. The lowest BCUT2D eigenvalue weighted by Crippen LogP contribution is -2.52. The first kappa shape index (κ1) is 26.3. The second-order valence-corrected chi connectivity index (χ2v) is 13.4. The van der Waals surface area contributed by atoms with Gasteiger partial charge in [-0.25, -0.2) is 0 Å². The summed E-state index contributed by atoms with van der Waals surface area (Å²) in [4.78, 5) is 12.8. The third-order valence-corrected chi connectivity index (χ3v) is 11.2. The van der Waals surface area contributed by atoms with Crippen LogP contribution in [0.2, 0.25) is 0 Å². The van der Waals surface area contributed by atoms with Crippen LogP contribution in [0.1, 0.15) is 73.7 Å². The minimum atomic E-state index is 0.423. The first-order chi connectivity index (χ1) is 20.7. The molecule has 4 aromatic rings. The Bertz CT molecular complexity index is 1510. The zero-order valence-electron chi connectivity index (χ0n) is 24.7. The number of nitrogens with one attached hydrogen (secondary N) is 1. The SMILES string of the molecule is CN1C2CCC(C(Cc3cc(C4NC5CCC4CC5)cnc3-c3ccccc3)C2)C1c1ccc(-c2ccccc2)nc1. The van der Waals surface area contributed by atoms with Crippen molar-refractivity contribution in [1.82, 2.24) is 20.2 Å². The second kappa shape index (κ2) is 11.1. The maximum atomic E-state index is 5.21. The molecular weight excluding hydrogens is 512 g/mol. The van der Waals surface area contributed by atoms with E-state index in [1.165, 1.54) is 78.5 Å². The van der Waals surface area contributed by atoms with Gasteiger partial charge in [0.15, 0.2) is 0 Å². The van der Waals surface area contributed by atoms with Gasteiger partial charge in [0.2, 0.25) is 0 Å². The molecule has 2 aromatic carbocycles. The molecule has 0 radical (unpaired) electrons. The highest BCUT2D eigenvalue weighted by Gasteiger charge is 2.46. The van der Waals surface area contributed by atoms with Gasteiger partial charge in [-0.3, -0.25) is 14.9 Å². The van der Waals surface area contributed by atoms with Crippen LogP contribution in [-0.4, -0.2) is 34.0 Å². The Morgan fingerprint density at radius 3 is 2.19 bits per heavy atom. The molecule has 6 heterocycles. The number of rotatable bonds is 6. The fraction of sp³-hybridized carbons (Fsp3) is 0.421. The quantitative estimate of drug-likeness (QED) is 0.262. The molecule has 0 amide bonds. The molecule has 214 valence electrons. The predicted molar refractivity (Wildman–Crippen MR) is 170 cm³/mol. The lowest BCUT2D eigenvalue weighted by molar-refractivity contribution is -0.0346. The second-order valence-electron chi connectivity index (χ2n) is 13.4. The van der Waals surface area contributed by atoms with E-state index in [4.69, 9.17) is 9.97 Å². The van der Waals surface area contributed by atoms with Crippen LogP contribution in [-0.2, 0) is 6.42 Å². The average molecular weight is 555 g/mol. The Morgan fingerprint density at radius 2 is 1.50 bits per heavy atom. The van der Waals surface area contributed by atoms with E-state index in [1.54, 1.807) is 0 Å². The molecule has 4 aliphatic heterocycles. The van der Waals surface area contributed by atoms with E-state index >= 15 is 0 Å². The maximum absolute atomic E-state index is 5.21. The summed E-state index contributed by atoms with van der Waals surface area (Å²) in [7, 11) is 2.35. The van der Waals surface area contributed by atoms with Crippen molar-refractivity contribution in [2.24, 2.45) is 17.8 Å². The summed E-state index contributed by atoms with van der Waals surface area (Å²) in [5.41, 5.74) is 8.89. The van der Waals surface area contributed by atoms with Gasteiger partial charge in [0.1, 0.15) is 0 Å². The van der Waals surface area contributed by atoms with Gasteiger partial charge in [0.25, 0.3) is 0 Å². The van der Waals surface area contributed by atoms with Crippen LogP contribution in [0, 0.1) is 17.8 Å². The Hall–Kier alpha value is -3.34.